The Hall–Kier alpha value is -1.88. The van der Waals surface area contributed by atoms with Crippen molar-refractivity contribution < 1.29 is 9.53 Å². The topological polar surface area (TPSA) is 41.6 Å². The van der Waals surface area contributed by atoms with Gasteiger partial charge in [-0.2, -0.15) is 0 Å². The van der Waals surface area contributed by atoms with E-state index in [0.717, 1.165) is 45.3 Å². The average Bonchev–Trinajstić information content (AvgIpc) is 3.11. The fraction of sp³-hybridized carbons (Fsp3) is 0.435. The first kappa shape index (κ1) is 19.4. The summed E-state index contributed by atoms with van der Waals surface area (Å²) in [7, 11) is 0. The Morgan fingerprint density at radius 1 is 1.11 bits per heavy atom. The predicted octanol–water partition coefficient (Wildman–Crippen LogP) is 4.28. The van der Waals surface area contributed by atoms with Crippen LogP contribution in [0.3, 0.4) is 0 Å². The standard InChI is InChI=1S/C23H27ClN2O2/c24-20-8-4-7-19(15-20)22(27)25-16-21-9-10-23(28-21)11-13-26(14-12-23)17-18-5-2-1-3-6-18/h1-8,15,21H,9-14,16-17H2,(H,25,27). The number of likely N-dealkylation sites (tertiary alicyclic amines) is 1. The number of halogens is 1. The molecular formula is C23H27ClN2O2. The number of carbonyl (C=O) groups is 1. The number of carbonyl (C=O) groups excluding carboxylic acids is 1. The van der Waals surface area contributed by atoms with Crippen LogP contribution in [0.25, 0.3) is 0 Å². The molecule has 0 radical (unpaired) electrons. The predicted molar refractivity (Wildman–Crippen MR) is 112 cm³/mol. The summed E-state index contributed by atoms with van der Waals surface area (Å²) in [5, 5.41) is 3.57. The lowest BCUT2D eigenvalue weighted by Crippen LogP contribution is -2.44. The average molecular weight is 399 g/mol. The van der Waals surface area contributed by atoms with Crippen LogP contribution < -0.4 is 5.32 Å². The Bertz CT molecular complexity index is 803. The maximum atomic E-state index is 12.3. The molecule has 2 aliphatic rings. The number of nitrogens with one attached hydrogen (secondary N) is 1. The molecule has 1 amide bonds. The number of rotatable bonds is 5. The quantitative estimate of drug-likeness (QED) is 0.817. The number of amides is 1. The van der Waals surface area contributed by atoms with Gasteiger partial charge in [0.25, 0.3) is 5.91 Å². The SMILES string of the molecule is O=C(NCC1CCC2(CCN(Cc3ccccc3)CC2)O1)c1cccc(Cl)c1. The minimum Gasteiger partial charge on any atom is -0.370 e. The smallest absolute Gasteiger partial charge is 0.251 e. The summed E-state index contributed by atoms with van der Waals surface area (Å²) in [4.78, 5) is 14.8. The van der Waals surface area contributed by atoms with Crippen molar-refractivity contribution in [2.75, 3.05) is 19.6 Å². The van der Waals surface area contributed by atoms with Crippen molar-refractivity contribution in [3.63, 3.8) is 0 Å². The highest BCUT2D eigenvalue weighted by Crippen LogP contribution is 2.39. The molecule has 4 rings (SSSR count). The second-order valence-corrected chi connectivity index (χ2v) is 8.38. The molecule has 2 aliphatic heterocycles. The second kappa shape index (κ2) is 8.64. The van der Waals surface area contributed by atoms with Gasteiger partial charge in [0.15, 0.2) is 0 Å². The lowest BCUT2D eigenvalue weighted by Gasteiger charge is -2.39. The van der Waals surface area contributed by atoms with Crippen LogP contribution in [0.2, 0.25) is 5.02 Å². The van der Waals surface area contributed by atoms with E-state index in [1.54, 1.807) is 24.3 Å². The van der Waals surface area contributed by atoms with Crippen LogP contribution in [0.5, 0.6) is 0 Å². The summed E-state index contributed by atoms with van der Waals surface area (Å²) in [5.74, 6) is -0.0928. The lowest BCUT2D eigenvalue weighted by molar-refractivity contribution is -0.0764. The van der Waals surface area contributed by atoms with Crippen molar-refractivity contribution in [2.24, 2.45) is 0 Å². The van der Waals surface area contributed by atoms with Gasteiger partial charge in [-0.3, -0.25) is 9.69 Å². The van der Waals surface area contributed by atoms with Crippen LogP contribution in [0, 0.1) is 0 Å². The highest BCUT2D eigenvalue weighted by Gasteiger charge is 2.42. The Balaban J connectivity index is 1.24. The molecule has 0 aliphatic carbocycles. The van der Waals surface area contributed by atoms with Gasteiger partial charge in [-0.1, -0.05) is 48.0 Å². The first-order chi connectivity index (χ1) is 13.6. The Morgan fingerprint density at radius 2 is 1.89 bits per heavy atom. The van der Waals surface area contributed by atoms with E-state index in [2.05, 4.69) is 40.5 Å². The molecule has 5 heteroatoms. The Labute approximate surface area is 171 Å². The Kier molecular flexibility index (Phi) is 6.00. The molecule has 0 bridgehead atoms. The highest BCUT2D eigenvalue weighted by molar-refractivity contribution is 6.30. The molecule has 2 fully saturated rings. The van der Waals surface area contributed by atoms with Gasteiger partial charge in [0.1, 0.15) is 0 Å². The molecule has 2 saturated heterocycles. The van der Waals surface area contributed by atoms with Crippen LogP contribution in [0.1, 0.15) is 41.6 Å². The fourth-order valence-corrected chi connectivity index (χ4v) is 4.50. The van der Waals surface area contributed by atoms with Crippen molar-refractivity contribution in [3.05, 3.63) is 70.7 Å². The van der Waals surface area contributed by atoms with Crippen molar-refractivity contribution >= 4 is 17.5 Å². The maximum Gasteiger partial charge on any atom is 0.251 e. The number of hydrogen-bond acceptors (Lipinski definition) is 3. The highest BCUT2D eigenvalue weighted by atomic mass is 35.5. The molecule has 1 atom stereocenters. The van der Waals surface area contributed by atoms with Crippen molar-refractivity contribution in [2.45, 2.75) is 43.9 Å². The molecular weight excluding hydrogens is 372 g/mol. The molecule has 1 unspecified atom stereocenters. The number of nitrogens with zero attached hydrogens (tertiary/aromatic N) is 1. The summed E-state index contributed by atoms with van der Waals surface area (Å²) >= 11 is 5.97. The minimum atomic E-state index is -0.0928. The summed E-state index contributed by atoms with van der Waals surface area (Å²) in [6.45, 7) is 3.70. The molecule has 2 aromatic carbocycles. The molecule has 2 heterocycles. The zero-order valence-corrected chi connectivity index (χ0v) is 16.8. The molecule has 148 valence electrons. The van der Waals surface area contributed by atoms with E-state index >= 15 is 0 Å². The van der Waals surface area contributed by atoms with Crippen LogP contribution in [-0.4, -0.2) is 42.1 Å². The molecule has 1 N–H and O–H groups in total. The third kappa shape index (κ3) is 4.75. The van der Waals surface area contributed by atoms with Crippen molar-refractivity contribution in [1.82, 2.24) is 10.2 Å². The van der Waals surface area contributed by atoms with Gasteiger partial charge in [-0.05, 0) is 49.4 Å². The van der Waals surface area contributed by atoms with Crippen LogP contribution in [-0.2, 0) is 11.3 Å². The van der Waals surface area contributed by atoms with Crippen LogP contribution in [0.4, 0.5) is 0 Å². The summed E-state index contributed by atoms with van der Waals surface area (Å²) in [5.41, 5.74) is 1.96. The van der Waals surface area contributed by atoms with E-state index in [1.807, 2.05) is 0 Å². The van der Waals surface area contributed by atoms with Crippen LogP contribution in [0.15, 0.2) is 54.6 Å². The summed E-state index contributed by atoms with van der Waals surface area (Å²) in [6, 6.07) is 17.7. The summed E-state index contributed by atoms with van der Waals surface area (Å²) < 4.78 is 6.43. The number of ether oxygens (including phenoxy) is 1. The third-order valence-electron chi connectivity index (χ3n) is 5.93. The lowest BCUT2D eigenvalue weighted by atomic mass is 9.88. The van der Waals surface area contributed by atoms with Crippen molar-refractivity contribution in [1.29, 1.82) is 0 Å². The van der Waals surface area contributed by atoms with Gasteiger partial charge in [-0.15, -0.1) is 0 Å². The third-order valence-corrected chi connectivity index (χ3v) is 6.17. The first-order valence-corrected chi connectivity index (χ1v) is 10.5. The van der Waals surface area contributed by atoms with Gasteiger partial charge in [0, 0.05) is 36.8 Å². The molecule has 0 saturated carbocycles. The van der Waals surface area contributed by atoms with Crippen molar-refractivity contribution in [3.8, 4) is 0 Å². The molecule has 28 heavy (non-hydrogen) atoms. The van der Waals surface area contributed by atoms with Gasteiger partial charge in [-0.25, -0.2) is 0 Å². The second-order valence-electron chi connectivity index (χ2n) is 7.94. The van der Waals surface area contributed by atoms with E-state index in [1.165, 1.54) is 5.56 Å². The minimum absolute atomic E-state index is 0.00135. The van der Waals surface area contributed by atoms with E-state index in [0.29, 0.717) is 17.1 Å². The van der Waals surface area contributed by atoms with E-state index < -0.39 is 0 Å². The fourth-order valence-electron chi connectivity index (χ4n) is 4.31. The molecule has 2 aromatic rings. The van der Waals surface area contributed by atoms with Gasteiger partial charge < -0.3 is 10.1 Å². The molecule has 0 aromatic heterocycles. The van der Waals surface area contributed by atoms with Gasteiger partial charge in [0.05, 0.1) is 11.7 Å². The number of hydrogen-bond donors (Lipinski definition) is 1. The van der Waals surface area contributed by atoms with Gasteiger partial charge in [0.2, 0.25) is 0 Å². The van der Waals surface area contributed by atoms with Crippen LogP contribution >= 0.6 is 11.6 Å². The molecule has 4 nitrogen and oxygen atoms in total. The Morgan fingerprint density at radius 3 is 2.64 bits per heavy atom. The monoisotopic (exact) mass is 398 g/mol. The number of benzene rings is 2. The maximum absolute atomic E-state index is 12.3. The van der Waals surface area contributed by atoms with E-state index in [9.17, 15) is 4.79 Å². The first-order valence-electron chi connectivity index (χ1n) is 10.1. The normalized spacial score (nSPS) is 21.7. The summed E-state index contributed by atoms with van der Waals surface area (Å²) in [6.07, 6.45) is 4.33. The van der Waals surface area contributed by atoms with E-state index in [4.69, 9.17) is 16.3 Å². The number of piperidine rings is 1. The largest absolute Gasteiger partial charge is 0.370 e. The molecule has 1 spiro atoms. The zero-order valence-electron chi connectivity index (χ0n) is 16.1. The van der Waals surface area contributed by atoms with E-state index in [-0.39, 0.29) is 17.6 Å². The zero-order chi connectivity index (χ0) is 19.4. The van der Waals surface area contributed by atoms with Gasteiger partial charge >= 0.3 is 0 Å².